The summed E-state index contributed by atoms with van der Waals surface area (Å²) in [4.78, 5) is 4.07. The molecule has 0 aromatic heterocycles. The Labute approximate surface area is 152 Å². The zero-order valence-corrected chi connectivity index (χ0v) is 15.6. The molecular weight excluding hydrogens is 367 g/mol. The van der Waals surface area contributed by atoms with Crippen molar-refractivity contribution in [3.63, 3.8) is 0 Å². The molecule has 146 valence electrons. The molecular formula is C17H24F3N3O2S. The molecule has 0 amide bonds. The average Bonchev–Trinajstić information content (AvgIpc) is 2.91. The van der Waals surface area contributed by atoms with E-state index >= 15 is 0 Å². The normalized spacial score (nSPS) is 21.4. The molecule has 0 saturated carbocycles. The van der Waals surface area contributed by atoms with Crippen LogP contribution in [0.1, 0.15) is 36.8 Å². The van der Waals surface area contributed by atoms with Gasteiger partial charge < -0.3 is 10.6 Å². The van der Waals surface area contributed by atoms with Gasteiger partial charge in [-0.1, -0.05) is 25.1 Å². The van der Waals surface area contributed by atoms with E-state index in [1.807, 2.05) is 6.92 Å². The smallest absolute Gasteiger partial charge is 0.356 e. The zero-order chi connectivity index (χ0) is 19.4. The van der Waals surface area contributed by atoms with Crippen molar-refractivity contribution in [1.29, 1.82) is 0 Å². The highest BCUT2D eigenvalue weighted by Crippen LogP contribution is 2.31. The van der Waals surface area contributed by atoms with Gasteiger partial charge in [0, 0.05) is 19.6 Å². The van der Waals surface area contributed by atoms with Crippen molar-refractivity contribution in [2.75, 3.05) is 25.1 Å². The maximum absolute atomic E-state index is 12.8. The van der Waals surface area contributed by atoms with Crippen LogP contribution in [-0.4, -0.2) is 45.5 Å². The van der Waals surface area contributed by atoms with E-state index in [-0.39, 0.29) is 23.5 Å². The van der Waals surface area contributed by atoms with E-state index in [9.17, 15) is 21.6 Å². The fourth-order valence-electron chi connectivity index (χ4n) is 2.89. The maximum atomic E-state index is 12.8. The second-order valence-corrected chi connectivity index (χ2v) is 8.78. The van der Waals surface area contributed by atoms with Crippen molar-refractivity contribution in [2.45, 2.75) is 37.9 Å². The quantitative estimate of drug-likeness (QED) is 0.598. The molecule has 1 heterocycles. The van der Waals surface area contributed by atoms with E-state index in [4.69, 9.17) is 0 Å². The lowest BCUT2D eigenvalue weighted by atomic mass is 9.96. The molecule has 1 fully saturated rings. The summed E-state index contributed by atoms with van der Waals surface area (Å²) in [6, 6.07) is 5.20. The average molecular weight is 391 g/mol. The summed E-state index contributed by atoms with van der Waals surface area (Å²) in [6.07, 6.45) is -3.18. The first-order chi connectivity index (χ1) is 12.1. The molecule has 1 aliphatic heterocycles. The van der Waals surface area contributed by atoms with Crippen molar-refractivity contribution < 1.29 is 21.6 Å². The number of rotatable bonds is 5. The molecule has 26 heavy (non-hydrogen) atoms. The minimum Gasteiger partial charge on any atom is -0.356 e. The van der Waals surface area contributed by atoms with Crippen molar-refractivity contribution in [3.05, 3.63) is 35.4 Å². The first kappa shape index (κ1) is 20.5. The lowest BCUT2D eigenvalue weighted by Gasteiger charge is -2.18. The van der Waals surface area contributed by atoms with Crippen LogP contribution < -0.4 is 10.6 Å². The first-order valence-electron chi connectivity index (χ1n) is 8.45. The third kappa shape index (κ3) is 5.89. The highest BCUT2D eigenvalue weighted by atomic mass is 32.2. The predicted octanol–water partition coefficient (Wildman–Crippen LogP) is 2.55. The third-order valence-corrected chi connectivity index (χ3v) is 6.22. The van der Waals surface area contributed by atoms with Crippen molar-refractivity contribution in [2.24, 2.45) is 4.99 Å². The van der Waals surface area contributed by atoms with Gasteiger partial charge in [0.1, 0.15) is 0 Å². The molecule has 5 nitrogen and oxygen atoms in total. The van der Waals surface area contributed by atoms with Gasteiger partial charge in [-0.25, -0.2) is 8.42 Å². The van der Waals surface area contributed by atoms with Gasteiger partial charge in [0.2, 0.25) is 0 Å². The van der Waals surface area contributed by atoms with Gasteiger partial charge in [-0.05, 0) is 30.4 Å². The molecule has 2 atom stereocenters. The Morgan fingerprint density at radius 3 is 2.69 bits per heavy atom. The molecule has 2 rings (SSSR count). The summed E-state index contributed by atoms with van der Waals surface area (Å²) in [6.45, 7) is 2.38. The van der Waals surface area contributed by atoms with Crippen LogP contribution in [-0.2, 0) is 16.0 Å². The lowest BCUT2D eigenvalue weighted by Crippen LogP contribution is -2.44. The summed E-state index contributed by atoms with van der Waals surface area (Å²) >= 11 is 0. The Morgan fingerprint density at radius 2 is 2.12 bits per heavy atom. The number of guanidine groups is 1. The fourth-order valence-corrected chi connectivity index (χ4v) is 4.57. The molecule has 2 unspecified atom stereocenters. The van der Waals surface area contributed by atoms with E-state index in [0.29, 0.717) is 30.9 Å². The van der Waals surface area contributed by atoms with Crippen LogP contribution >= 0.6 is 0 Å². The molecule has 1 aromatic rings. The SMILES string of the molecule is CN=C(NCCC(C)c1cccc(C(F)(F)F)c1)NC1CCS(=O)(=O)C1. The van der Waals surface area contributed by atoms with Crippen LogP contribution in [0.4, 0.5) is 13.2 Å². The highest BCUT2D eigenvalue weighted by molar-refractivity contribution is 7.91. The van der Waals surface area contributed by atoms with E-state index < -0.39 is 21.6 Å². The summed E-state index contributed by atoms with van der Waals surface area (Å²) in [5, 5.41) is 6.17. The number of nitrogens with zero attached hydrogens (tertiary/aromatic N) is 1. The van der Waals surface area contributed by atoms with Gasteiger partial charge in [0.25, 0.3) is 0 Å². The van der Waals surface area contributed by atoms with Crippen LogP contribution in [0, 0.1) is 0 Å². The lowest BCUT2D eigenvalue weighted by molar-refractivity contribution is -0.137. The maximum Gasteiger partial charge on any atom is 0.416 e. The Morgan fingerprint density at radius 1 is 1.38 bits per heavy atom. The second-order valence-electron chi connectivity index (χ2n) is 6.56. The zero-order valence-electron chi connectivity index (χ0n) is 14.8. The van der Waals surface area contributed by atoms with Crippen LogP contribution in [0.3, 0.4) is 0 Å². The molecule has 2 N–H and O–H groups in total. The monoisotopic (exact) mass is 391 g/mol. The van der Waals surface area contributed by atoms with E-state index in [2.05, 4.69) is 15.6 Å². The third-order valence-electron chi connectivity index (χ3n) is 4.45. The molecule has 1 aliphatic rings. The van der Waals surface area contributed by atoms with Gasteiger partial charge in [0.05, 0.1) is 17.1 Å². The molecule has 1 saturated heterocycles. The molecule has 9 heteroatoms. The number of hydrogen-bond acceptors (Lipinski definition) is 3. The number of benzene rings is 1. The van der Waals surface area contributed by atoms with E-state index in [1.54, 1.807) is 13.1 Å². The predicted molar refractivity (Wildman–Crippen MR) is 96.0 cm³/mol. The van der Waals surface area contributed by atoms with Crippen molar-refractivity contribution in [1.82, 2.24) is 10.6 Å². The summed E-state index contributed by atoms with van der Waals surface area (Å²) in [5.41, 5.74) is -0.0128. The van der Waals surface area contributed by atoms with Crippen LogP contribution in [0.15, 0.2) is 29.3 Å². The minimum atomic E-state index is -4.35. The number of alkyl halides is 3. The molecule has 0 aliphatic carbocycles. The summed E-state index contributed by atoms with van der Waals surface area (Å²) < 4.78 is 61.4. The van der Waals surface area contributed by atoms with Crippen molar-refractivity contribution in [3.8, 4) is 0 Å². The molecule has 0 bridgehead atoms. The number of sulfone groups is 1. The Kier molecular flexibility index (Phi) is 6.54. The Hall–Kier alpha value is -1.77. The van der Waals surface area contributed by atoms with Crippen LogP contribution in [0.2, 0.25) is 0 Å². The summed E-state index contributed by atoms with van der Waals surface area (Å²) in [5.74, 6) is 0.709. The minimum absolute atomic E-state index is 0.0604. The second kappa shape index (κ2) is 8.28. The molecule has 0 radical (unpaired) electrons. The Balaban J connectivity index is 1.84. The van der Waals surface area contributed by atoms with Crippen LogP contribution in [0.25, 0.3) is 0 Å². The Bertz CT molecular complexity index is 748. The largest absolute Gasteiger partial charge is 0.416 e. The first-order valence-corrected chi connectivity index (χ1v) is 10.3. The number of nitrogens with one attached hydrogen (secondary N) is 2. The van der Waals surface area contributed by atoms with Crippen molar-refractivity contribution >= 4 is 15.8 Å². The van der Waals surface area contributed by atoms with Gasteiger partial charge in [-0.3, -0.25) is 4.99 Å². The van der Waals surface area contributed by atoms with Gasteiger partial charge >= 0.3 is 6.18 Å². The van der Waals surface area contributed by atoms with Gasteiger partial charge in [-0.2, -0.15) is 13.2 Å². The molecule has 1 aromatic carbocycles. The standard InChI is InChI=1S/C17H24F3N3O2S/c1-12(13-4-3-5-14(10-13)17(18,19)20)6-8-22-16(21-2)23-15-7-9-26(24,25)11-15/h3-5,10,12,15H,6-9,11H2,1-2H3,(H2,21,22,23). The fraction of sp³-hybridized carbons (Fsp3) is 0.588. The number of halogens is 3. The summed E-state index contributed by atoms with van der Waals surface area (Å²) in [7, 11) is -1.38. The van der Waals surface area contributed by atoms with Crippen LogP contribution in [0.5, 0.6) is 0 Å². The van der Waals surface area contributed by atoms with Gasteiger partial charge in [-0.15, -0.1) is 0 Å². The van der Waals surface area contributed by atoms with E-state index in [0.717, 1.165) is 6.07 Å². The van der Waals surface area contributed by atoms with Gasteiger partial charge in [0.15, 0.2) is 15.8 Å². The highest BCUT2D eigenvalue weighted by Gasteiger charge is 2.31. The van der Waals surface area contributed by atoms with E-state index in [1.165, 1.54) is 12.1 Å². The molecule has 0 spiro atoms. The topological polar surface area (TPSA) is 70.6 Å². The number of hydrogen-bond donors (Lipinski definition) is 2. The number of aliphatic imine (C=N–C) groups is 1.